The van der Waals surface area contributed by atoms with Crippen LogP contribution < -0.4 is 5.32 Å². The van der Waals surface area contributed by atoms with Gasteiger partial charge in [0.1, 0.15) is 5.72 Å². The Morgan fingerprint density at radius 2 is 2.00 bits per heavy atom. The monoisotopic (exact) mass is 220 g/mol. The molecule has 0 amide bonds. The van der Waals surface area contributed by atoms with E-state index in [4.69, 9.17) is 4.74 Å². The van der Waals surface area contributed by atoms with Crippen LogP contribution in [0.5, 0.6) is 0 Å². The van der Waals surface area contributed by atoms with Crippen molar-refractivity contribution in [1.82, 2.24) is 9.62 Å². The summed E-state index contributed by atoms with van der Waals surface area (Å²) in [4.78, 5) is 0. The third-order valence-corrected chi connectivity index (χ3v) is 4.22. The second kappa shape index (κ2) is 3.44. The van der Waals surface area contributed by atoms with E-state index in [-0.39, 0.29) is 0 Å². The second-order valence-corrected chi connectivity index (χ2v) is 5.79. The largest absolute Gasteiger partial charge is 0.358 e. The molecule has 0 radical (unpaired) electrons. The molecule has 2 aliphatic heterocycles. The molecule has 0 saturated carbocycles. The van der Waals surface area contributed by atoms with E-state index in [1.54, 1.807) is 0 Å². The minimum Gasteiger partial charge on any atom is -0.358 e. The molecule has 0 aromatic heterocycles. The molecule has 1 N–H and O–H groups in total. The van der Waals surface area contributed by atoms with Gasteiger partial charge in [-0.2, -0.15) is 4.31 Å². The van der Waals surface area contributed by atoms with Crippen molar-refractivity contribution in [3.63, 3.8) is 0 Å². The van der Waals surface area contributed by atoms with Crippen molar-refractivity contribution in [2.24, 2.45) is 0 Å². The van der Waals surface area contributed by atoms with E-state index in [1.165, 1.54) is 10.6 Å². The maximum atomic E-state index is 11.5. The molecular formula is C8H16N2O3S. The number of nitrogens with zero attached hydrogens (tertiary/aromatic N) is 1. The molecule has 1 spiro atoms. The summed E-state index contributed by atoms with van der Waals surface area (Å²) in [6, 6.07) is 0. The third kappa shape index (κ3) is 1.67. The number of sulfonamides is 1. The highest BCUT2D eigenvalue weighted by atomic mass is 32.2. The molecule has 0 aromatic rings. The average Bonchev–Trinajstić information content (AvgIpc) is 2.49. The fourth-order valence-electron chi connectivity index (χ4n) is 2.27. The van der Waals surface area contributed by atoms with Crippen molar-refractivity contribution in [1.29, 1.82) is 0 Å². The first kappa shape index (κ1) is 10.4. The minimum atomic E-state index is -3.13. The highest BCUT2D eigenvalue weighted by Crippen LogP contribution is 2.33. The molecule has 0 aliphatic carbocycles. The van der Waals surface area contributed by atoms with E-state index in [0.29, 0.717) is 13.2 Å². The fourth-order valence-corrected chi connectivity index (χ4v) is 3.52. The highest BCUT2D eigenvalue weighted by molar-refractivity contribution is 7.88. The average molecular weight is 220 g/mol. The first-order chi connectivity index (χ1) is 6.55. The van der Waals surface area contributed by atoms with Crippen LogP contribution in [0.3, 0.4) is 0 Å². The number of piperidine rings is 1. The van der Waals surface area contributed by atoms with Crippen LogP contribution in [-0.4, -0.2) is 50.9 Å². The van der Waals surface area contributed by atoms with Gasteiger partial charge in [0.15, 0.2) is 0 Å². The van der Waals surface area contributed by atoms with Crippen molar-refractivity contribution < 1.29 is 13.2 Å². The number of hydrogen-bond acceptors (Lipinski definition) is 4. The molecule has 14 heavy (non-hydrogen) atoms. The molecule has 0 bridgehead atoms. The van der Waals surface area contributed by atoms with Crippen LogP contribution in [0.2, 0.25) is 0 Å². The normalized spacial score (nSPS) is 28.4. The zero-order chi connectivity index (χ0) is 10.2. The summed E-state index contributed by atoms with van der Waals surface area (Å²) < 4.78 is 30.2. The third-order valence-electron chi connectivity index (χ3n) is 2.90. The topological polar surface area (TPSA) is 58.6 Å². The SMILES string of the molecule is CS(=O)(=O)N1CCOC12CCNCC2. The summed E-state index contributed by atoms with van der Waals surface area (Å²) in [7, 11) is -3.13. The van der Waals surface area contributed by atoms with Crippen molar-refractivity contribution in [2.45, 2.75) is 18.6 Å². The Hall–Kier alpha value is -0.170. The van der Waals surface area contributed by atoms with Gasteiger partial charge in [0.05, 0.1) is 12.9 Å². The Kier molecular flexibility index (Phi) is 2.55. The molecule has 82 valence electrons. The van der Waals surface area contributed by atoms with Crippen LogP contribution in [0.1, 0.15) is 12.8 Å². The van der Waals surface area contributed by atoms with E-state index in [1.807, 2.05) is 0 Å². The standard InChI is InChI=1S/C8H16N2O3S/c1-14(11,12)10-6-7-13-8(10)2-4-9-5-3-8/h9H,2-7H2,1H3. The van der Waals surface area contributed by atoms with Gasteiger partial charge in [0.25, 0.3) is 0 Å². The lowest BCUT2D eigenvalue weighted by Gasteiger charge is -2.38. The van der Waals surface area contributed by atoms with Gasteiger partial charge in [-0.1, -0.05) is 0 Å². The first-order valence-corrected chi connectivity index (χ1v) is 6.72. The molecule has 2 rings (SSSR count). The van der Waals surface area contributed by atoms with Crippen molar-refractivity contribution in [3.8, 4) is 0 Å². The van der Waals surface area contributed by atoms with Gasteiger partial charge in [-0.05, 0) is 13.1 Å². The Morgan fingerprint density at radius 1 is 1.36 bits per heavy atom. The molecule has 2 saturated heterocycles. The van der Waals surface area contributed by atoms with Crippen LogP contribution in [0.15, 0.2) is 0 Å². The van der Waals surface area contributed by atoms with E-state index in [0.717, 1.165) is 25.9 Å². The van der Waals surface area contributed by atoms with Gasteiger partial charge < -0.3 is 10.1 Å². The van der Waals surface area contributed by atoms with Gasteiger partial charge in [-0.3, -0.25) is 0 Å². The predicted octanol–water partition coefficient (Wildman–Crippen LogP) is -0.642. The maximum Gasteiger partial charge on any atom is 0.213 e. The number of rotatable bonds is 1. The van der Waals surface area contributed by atoms with E-state index < -0.39 is 15.7 Å². The Labute approximate surface area is 84.5 Å². The summed E-state index contributed by atoms with van der Waals surface area (Å²) in [5, 5.41) is 3.21. The lowest BCUT2D eigenvalue weighted by Crippen LogP contribution is -2.53. The summed E-state index contributed by atoms with van der Waals surface area (Å²) in [6.07, 6.45) is 2.76. The molecule has 0 aromatic carbocycles. The predicted molar refractivity (Wildman–Crippen MR) is 52.3 cm³/mol. The Bertz CT molecular complexity index is 309. The second-order valence-electron chi connectivity index (χ2n) is 3.88. The number of nitrogens with one attached hydrogen (secondary N) is 1. The van der Waals surface area contributed by atoms with E-state index >= 15 is 0 Å². The van der Waals surface area contributed by atoms with Crippen molar-refractivity contribution in [2.75, 3.05) is 32.5 Å². The quantitative estimate of drug-likeness (QED) is 0.638. The Balaban J connectivity index is 2.24. The van der Waals surface area contributed by atoms with Gasteiger partial charge in [-0.25, -0.2) is 8.42 Å². The molecular weight excluding hydrogens is 204 g/mol. The van der Waals surface area contributed by atoms with Crippen molar-refractivity contribution in [3.05, 3.63) is 0 Å². The smallest absolute Gasteiger partial charge is 0.213 e. The summed E-state index contributed by atoms with van der Waals surface area (Å²) in [6.45, 7) is 2.67. The molecule has 2 fully saturated rings. The highest BCUT2D eigenvalue weighted by Gasteiger charge is 2.47. The van der Waals surface area contributed by atoms with Gasteiger partial charge in [0, 0.05) is 19.4 Å². The summed E-state index contributed by atoms with van der Waals surface area (Å²) in [5.41, 5.74) is -0.543. The van der Waals surface area contributed by atoms with Crippen LogP contribution in [-0.2, 0) is 14.8 Å². The summed E-state index contributed by atoms with van der Waals surface area (Å²) in [5.74, 6) is 0. The van der Waals surface area contributed by atoms with Crippen LogP contribution in [0.4, 0.5) is 0 Å². The molecule has 2 heterocycles. The number of hydrogen-bond donors (Lipinski definition) is 1. The van der Waals surface area contributed by atoms with Gasteiger partial charge >= 0.3 is 0 Å². The molecule has 2 aliphatic rings. The molecule has 6 heteroatoms. The van der Waals surface area contributed by atoms with E-state index in [9.17, 15) is 8.42 Å². The fraction of sp³-hybridized carbons (Fsp3) is 1.00. The minimum absolute atomic E-state index is 0.499. The van der Waals surface area contributed by atoms with Crippen LogP contribution in [0.25, 0.3) is 0 Å². The lowest BCUT2D eigenvalue weighted by atomic mass is 10.0. The Morgan fingerprint density at radius 3 is 2.57 bits per heavy atom. The molecule has 5 nitrogen and oxygen atoms in total. The summed E-state index contributed by atoms with van der Waals surface area (Å²) >= 11 is 0. The maximum absolute atomic E-state index is 11.5. The van der Waals surface area contributed by atoms with Crippen molar-refractivity contribution >= 4 is 10.0 Å². The van der Waals surface area contributed by atoms with E-state index in [2.05, 4.69) is 5.32 Å². The van der Waals surface area contributed by atoms with Crippen LogP contribution in [0, 0.1) is 0 Å². The lowest BCUT2D eigenvalue weighted by molar-refractivity contribution is -0.0702. The van der Waals surface area contributed by atoms with Crippen LogP contribution >= 0.6 is 0 Å². The zero-order valence-corrected chi connectivity index (χ0v) is 9.14. The van der Waals surface area contributed by atoms with Gasteiger partial charge in [-0.15, -0.1) is 0 Å². The molecule has 0 unspecified atom stereocenters. The number of ether oxygens (including phenoxy) is 1. The molecule has 0 atom stereocenters. The van der Waals surface area contributed by atoms with Gasteiger partial charge in [0.2, 0.25) is 10.0 Å². The zero-order valence-electron chi connectivity index (χ0n) is 8.32. The first-order valence-electron chi connectivity index (χ1n) is 4.87.